The van der Waals surface area contributed by atoms with Gasteiger partial charge in [0.1, 0.15) is 6.04 Å². The third-order valence-electron chi connectivity index (χ3n) is 3.80. The molecule has 3 rings (SSSR count). The molecule has 0 saturated carbocycles. The summed E-state index contributed by atoms with van der Waals surface area (Å²) in [5.41, 5.74) is 3.55. The SMILES string of the molecule is C[C@@H](Nc1nc2ccccc2s1)C(=O)N/N=C\[C@@H]1CC=CCC1. The largest absolute Gasteiger partial charge is 0.350 e. The first kappa shape index (κ1) is 15.7. The van der Waals surface area contributed by atoms with Gasteiger partial charge in [0, 0.05) is 6.21 Å². The lowest BCUT2D eigenvalue weighted by atomic mass is 9.96. The average Bonchev–Trinajstić information content (AvgIpc) is 2.98. The molecule has 1 heterocycles. The molecule has 120 valence electrons. The number of rotatable bonds is 5. The van der Waals surface area contributed by atoms with Crippen LogP contribution in [-0.4, -0.2) is 23.1 Å². The van der Waals surface area contributed by atoms with Crippen molar-refractivity contribution >= 4 is 38.8 Å². The molecule has 5 nitrogen and oxygen atoms in total. The van der Waals surface area contributed by atoms with Gasteiger partial charge in [-0.1, -0.05) is 35.6 Å². The van der Waals surface area contributed by atoms with E-state index in [4.69, 9.17) is 0 Å². The van der Waals surface area contributed by atoms with Crippen molar-refractivity contribution in [1.82, 2.24) is 10.4 Å². The molecule has 1 amide bonds. The Morgan fingerprint density at radius 1 is 1.43 bits per heavy atom. The lowest BCUT2D eigenvalue weighted by Crippen LogP contribution is -2.35. The molecule has 2 aromatic rings. The summed E-state index contributed by atoms with van der Waals surface area (Å²) in [6, 6.07) is 7.53. The molecule has 6 heteroatoms. The summed E-state index contributed by atoms with van der Waals surface area (Å²) in [5.74, 6) is 0.264. The smallest absolute Gasteiger partial charge is 0.262 e. The van der Waals surface area contributed by atoms with Crippen LogP contribution in [0.2, 0.25) is 0 Å². The second-order valence-electron chi connectivity index (χ2n) is 5.65. The molecule has 0 unspecified atom stereocenters. The molecule has 1 aromatic heterocycles. The van der Waals surface area contributed by atoms with Crippen LogP contribution in [0, 0.1) is 5.92 Å². The molecule has 0 bridgehead atoms. The zero-order valence-electron chi connectivity index (χ0n) is 13.0. The summed E-state index contributed by atoms with van der Waals surface area (Å²) in [4.78, 5) is 16.5. The summed E-state index contributed by atoms with van der Waals surface area (Å²) < 4.78 is 1.10. The number of fused-ring (bicyclic) bond motifs is 1. The third kappa shape index (κ3) is 4.16. The monoisotopic (exact) mass is 328 g/mol. The summed E-state index contributed by atoms with van der Waals surface area (Å²) in [6.45, 7) is 1.81. The molecule has 1 aliphatic rings. The molecule has 0 spiro atoms. The molecule has 0 radical (unpaired) electrons. The first-order chi connectivity index (χ1) is 11.2. The van der Waals surface area contributed by atoms with E-state index in [1.807, 2.05) is 30.5 Å². The Labute approximate surface area is 139 Å². The van der Waals surface area contributed by atoms with Gasteiger partial charge >= 0.3 is 0 Å². The zero-order valence-corrected chi connectivity index (χ0v) is 13.8. The maximum atomic E-state index is 12.1. The number of aromatic nitrogens is 1. The second-order valence-corrected chi connectivity index (χ2v) is 6.68. The van der Waals surface area contributed by atoms with E-state index in [-0.39, 0.29) is 11.9 Å². The predicted octanol–water partition coefficient (Wildman–Crippen LogP) is 3.56. The minimum absolute atomic E-state index is 0.160. The van der Waals surface area contributed by atoms with Gasteiger partial charge in [-0.2, -0.15) is 5.10 Å². The van der Waals surface area contributed by atoms with Gasteiger partial charge in [0.2, 0.25) is 0 Å². The number of benzene rings is 1. The first-order valence-corrected chi connectivity index (χ1v) is 8.64. The first-order valence-electron chi connectivity index (χ1n) is 7.82. The van der Waals surface area contributed by atoms with Gasteiger partial charge in [0.05, 0.1) is 10.2 Å². The van der Waals surface area contributed by atoms with Crippen LogP contribution >= 0.6 is 11.3 Å². The Kier molecular flexibility index (Phi) is 5.02. The van der Waals surface area contributed by atoms with Crippen molar-refractivity contribution < 1.29 is 4.79 Å². The Morgan fingerprint density at radius 3 is 3.09 bits per heavy atom. The molecule has 0 fully saturated rings. The van der Waals surface area contributed by atoms with E-state index in [9.17, 15) is 4.79 Å². The number of thiazole rings is 1. The number of hydrazone groups is 1. The quantitative estimate of drug-likeness (QED) is 0.501. The number of para-hydroxylation sites is 1. The van der Waals surface area contributed by atoms with Crippen molar-refractivity contribution in [3.05, 3.63) is 36.4 Å². The van der Waals surface area contributed by atoms with Crippen molar-refractivity contribution in [2.24, 2.45) is 11.0 Å². The minimum Gasteiger partial charge on any atom is -0.350 e. The second kappa shape index (κ2) is 7.37. The number of nitrogens with zero attached hydrogens (tertiary/aromatic N) is 2. The van der Waals surface area contributed by atoms with E-state index in [2.05, 4.69) is 33.0 Å². The highest BCUT2D eigenvalue weighted by Crippen LogP contribution is 2.25. The Balaban J connectivity index is 1.52. The topological polar surface area (TPSA) is 66.4 Å². The number of carbonyl (C=O) groups is 1. The van der Waals surface area contributed by atoms with Crippen LogP contribution in [-0.2, 0) is 4.79 Å². The normalized spacial score (nSPS) is 19.1. The highest BCUT2D eigenvalue weighted by atomic mass is 32.1. The number of allylic oxidation sites excluding steroid dienone is 2. The van der Waals surface area contributed by atoms with E-state index < -0.39 is 0 Å². The van der Waals surface area contributed by atoms with Gasteiger partial charge in [-0.3, -0.25) is 4.79 Å². The van der Waals surface area contributed by atoms with E-state index in [0.29, 0.717) is 5.92 Å². The lowest BCUT2D eigenvalue weighted by molar-refractivity contribution is -0.121. The average molecular weight is 328 g/mol. The minimum atomic E-state index is -0.390. The van der Waals surface area contributed by atoms with Gasteiger partial charge in [-0.25, -0.2) is 10.4 Å². The maximum absolute atomic E-state index is 12.1. The van der Waals surface area contributed by atoms with Crippen molar-refractivity contribution in [1.29, 1.82) is 0 Å². The van der Waals surface area contributed by atoms with Crippen molar-refractivity contribution in [3.63, 3.8) is 0 Å². The van der Waals surface area contributed by atoms with Crippen LogP contribution in [0.25, 0.3) is 10.2 Å². The van der Waals surface area contributed by atoms with Gasteiger partial charge in [0.15, 0.2) is 5.13 Å². The van der Waals surface area contributed by atoms with Crippen LogP contribution in [0.4, 0.5) is 5.13 Å². The molecule has 23 heavy (non-hydrogen) atoms. The Hall–Kier alpha value is -2.21. The Bertz CT molecular complexity index is 704. The number of amides is 1. The number of anilines is 1. The number of nitrogens with one attached hydrogen (secondary N) is 2. The highest BCUT2D eigenvalue weighted by molar-refractivity contribution is 7.22. The molecule has 1 aromatic carbocycles. The van der Waals surface area contributed by atoms with Gasteiger partial charge in [-0.05, 0) is 44.2 Å². The lowest BCUT2D eigenvalue weighted by Gasteiger charge is -2.13. The van der Waals surface area contributed by atoms with E-state index >= 15 is 0 Å². The van der Waals surface area contributed by atoms with Crippen LogP contribution in [0.5, 0.6) is 0 Å². The van der Waals surface area contributed by atoms with Crippen LogP contribution in [0.3, 0.4) is 0 Å². The van der Waals surface area contributed by atoms with Gasteiger partial charge in [0.25, 0.3) is 5.91 Å². The predicted molar refractivity (Wildman–Crippen MR) is 95.8 cm³/mol. The fourth-order valence-corrected chi connectivity index (χ4v) is 3.39. The molecular weight excluding hydrogens is 308 g/mol. The molecule has 2 N–H and O–H groups in total. The number of hydrogen-bond donors (Lipinski definition) is 2. The molecule has 0 aliphatic heterocycles. The van der Waals surface area contributed by atoms with Crippen LogP contribution < -0.4 is 10.7 Å². The van der Waals surface area contributed by atoms with E-state index in [1.54, 1.807) is 18.3 Å². The van der Waals surface area contributed by atoms with Crippen LogP contribution in [0.1, 0.15) is 26.2 Å². The fraction of sp³-hybridized carbons (Fsp3) is 0.353. The molecular formula is C17H20N4OS. The summed E-state index contributed by atoms with van der Waals surface area (Å²) >= 11 is 1.54. The van der Waals surface area contributed by atoms with Crippen molar-refractivity contribution in [2.75, 3.05) is 5.32 Å². The van der Waals surface area contributed by atoms with Crippen molar-refractivity contribution in [3.8, 4) is 0 Å². The maximum Gasteiger partial charge on any atom is 0.262 e. The summed E-state index contributed by atoms with van der Waals surface area (Å²) in [6.07, 6.45) is 9.37. The standard InChI is InChI=1S/C17H20N4OS/c1-12(16(22)21-18-11-13-7-3-2-4-8-13)19-17-20-14-9-5-6-10-15(14)23-17/h2-3,5-6,9-13H,4,7-8H2,1H3,(H,19,20)(H,21,22)/b18-11-/t12-,13-/m1/s1. The third-order valence-corrected chi connectivity index (χ3v) is 4.76. The van der Waals surface area contributed by atoms with Crippen molar-refractivity contribution in [2.45, 2.75) is 32.2 Å². The van der Waals surface area contributed by atoms with Crippen LogP contribution in [0.15, 0.2) is 41.5 Å². The molecule has 2 atom stereocenters. The van der Waals surface area contributed by atoms with Gasteiger partial charge in [-0.15, -0.1) is 0 Å². The number of hydrogen-bond acceptors (Lipinski definition) is 5. The van der Waals surface area contributed by atoms with Gasteiger partial charge < -0.3 is 5.32 Å². The fourth-order valence-electron chi connectivity index (χ4n) is 2.44. The molecule has 0 saturated heterocycles. The summed E-state index contributed by atoms with van der Waals surface area (Å²) in [7, 11) is 0. The number of carbonyl (C=O) groups excluding carboxylic acids is 1. The summed E-state index contributed by atoms with van der Waals surface area (Å²) in [5, 5.41) is 7.96. The van der Waals surface area contributed by atoms with E-state index in [0.717, 1.165) is 34.6 Å². The zero-order chi connectivity index (χ0) is 16.1. The Morgan fingerprint density at radius 2 is 2.30 bits per heavy atom. The van der Waals surface area contributed by atoms with E-state index in [1.165, 1.54) is 0 Å². The molecule has 1 aliphatic carbocycles. The highest BCUT2D eigenvalue weighted by Gasteiger charge is 2.14.